The number of ether oxygens (including phenoxy) is 2. The molecule has 1 unspecified atom stereocenters. The van der Waals surface area contributed by atoms with Crippen LogP contribution in [-0.2, 0) is 14.3 Å². The predicted octanol–water partition coefficient (Wildman–Crippen LogP) is 3.21. The van der Waals surface area contributed by atoms with Gasteiger partial charge in [-0.2, -0.15) is 0 Å². The normalized spacial score (nSPS) is 21.3. The van der Waals surface area contributed by atoms with Gasteiger partial charge in [0.05, 0.1) is 5.41 Å². The van der Waals surface area contributed by atoms with Crippen molar-refractivity contribution in [2.75, 3.05) is 6.79 Å². The Kier molecular flexibility index (Phi) is 5.50. The molecule has 0 bridgehead atoms. The molecule has 4 rings (SSSR count). The number of carbonyl (C=O) groups excluding carboxylic acids is 2. The zero-order valence-corrected chi connectivity index (χ0v) is 17.4. The molecule has 160 valence electrons. The van der Waals surface area contributed by atoms with Crippen LogP contribution in [0.3, 0.4) is 0 Å². The molecule has 1 aromatic rings. The fourth-order valence-corrected chi connectivity index (χ4v) is 3.74. The molecule has 1 aliphatic carbocycles. The van der Waals surface area contributed by atoms with Crippen LogP contribution in [0.4, 0.5) is 0 Å². The van der Waals surface area contributed by atoms with E-state index in [1.807, 2.05) is 25.1 Å². The number of aliphatic imine (C=N–C) groups is 1. The van der Waals surface area contributed by atoms with Crippen molar-refractivity contribution in [1.29, 1.82) is 0 Å². The molecule has 1 atom stereocenters. The Morgan fingerprint density at radius 3 is 2.61 bits per heavy atom. The monoisotopic (exact) mass is 419 g/mol. The lowest BCUT2D eigenvalue weighted by Gasteiger charge is -2.24. The fraction of sp³-hybridized carbons (Fsp3) is 0.292. The van der Waals surface area contributed by atoms with Gasteiger partial charge in [0.25, 0.3) is 0 Å². The molecule has 3 aliphatic rings. The number of rotatable bonds is 7. The van der Waals surface area contributed by atoms with Gasteiger partial charge in [0.2, 0.25) is 18.6 Å². The highest BCUT2D eigenvalue weighted by Gasteiger charge is 2.51. The Morgan fingerprint density at radius 1 is 1.29 bits per heavy atom. The standard InChI is InChI=1S/C24H25N3O4/c1-15-11-21(26-12-20(15)17-4-6-18(7-5-17)22(25)28)27-23(29)24(9-10-24)16(2)3-8-19-13-30-14-31-19/h3-8,12-13,21H,2,9-11,14H2,1H3,(H2,25,28)(H,27,29)/b8-3-. The van der Waals surface area contributed by atoms with Gasteiger partial charge in [-0.1, -0.05) is 30.4 Å². The summed E-state index contributed by atoms with van der Waals surface area (Å²) < 4.78 is 10.3. The molecule has 0 aromatic heterocycles. The van der Waals surface area contributed by atoms with Crippen LogP contribution in [0.5, 0.6) is 0 Å². The van der Waals surface area contributed by atoms with Gasteiger partial charge in [-0.25, -0.2) is 0 Å². The minimum atomic E-state index is -0.575. The number of nitrogens with two attached hydrogens (primary N) is 1. The zero-order valence-electron chi connectivity index (χ0n) is 17.4. The van der Waals surface area contributed by atoms with Gasteiger partial charge in [0.1, 0.15) is 12.4 Å². The van der Waals surface area contributed by atoms with Crippen LogP contribution in [0.2, 0.25) is 0 Å². The molecule has 1 fully saturated rings. The van der Waals surface area contributed by atoms with Gasteiger partial charge in [-0.05, 0) is 54.7 Å². The van der Waals surface area contributed by atoms with Gasteiger partial charge in [-0.3, -0.25) is 14.6 Å². The summed E-state index contributed by atoms with van der Waals surface area (Å²) in [6.07, 6.45) is 8.73. The average Bonchev–Trinajstić information content (AvgIpc) is 3.41. The van der Waals surface area contributed by atoms with Gasteiger partial charge in [-0.15, -0.1) is 0 Å². The molecular formula is C24H25N3O4. The number of allylic oxidation sites excluding steroid dienone is 3. The zero-order chi connectivity index (χ0) is 22.0. The maximum atomic E-state index is 13.0. The van der Waals surface area contributed by atoms with Crippen LogP contribution >= 0.6 is 0 Å². The minimum Gasteiger partial charge on any atom is -0.461 e. The van der Waals surface area contributed by atoms with Crippen molar-refractivity contribution in [2.45, 2.75) is 32.4 Å². The van der Waals surface area contributed by atoms with Crippen molar-refractivity contribution in [1.82, 2.24) is 5.32 Å². The quantitative estimate of drug-likeness (QED) is 0.663. The summed E-state index contributed by atoms with van der Waals surface area (Å²) in [5, 5.41) is 3.06. The SMILES string of the molecule is C=C(/C=C\C1=COCO1)C1(C(=O)NC2CC(C)=C(c3ccc(C(N)=O)cc3)C=N2)CC1. The lowest BCUT2D eigenvalue weighted by atomic mass is 9.93. The molecule has 1 aromatic carbocycles. The van der Waals surface area contributed by atoms with E-state index in [1.54, 1.807) is 24.4 Å². The molecule has 7 nitrogen and oxygen atoms in total. The third-order valence-corrected chi connectivity index (χ3v) is 5.86. The van der Waals surface area contributed by atoms with Crippen LogP contribution < -0.4 is 11.1 Å². The Balaban J connectivity index is 1.38. The summed E-state index contributed by atoms with van der Waals surface area (Å²) in [6.45, 7) is 6.33. The number of dihydropyridines is 1. The number of nitrogens with one attached hydrogen (secondary N) is 1. The van der Waals surface area contributed by atoms with E-state index in [9.17, 15) is 9.59 Å². The number of amides is 2. The summed E-state index contributed by atoms with van der Waals surface area (Å²) in [5.74, 6) is 0.110. The fourth-order valence-electron chi connectivity index (χ4n) is 3.74. The van der Waals surface area contributed by atoms with Gasteiger partial charge in [0, 0.05) is 18.2 Å². The van der Waals surface area contributed by atoms with Crippen LogP contribution in [-0.4, -0.2) is 31.0 Å². The molecule has 2 aliphatic heterocycles. The lowest BCUT2D eigenvalue weighted by Crippen LogP contribution is -2.40. The Labute approximate surface area is 181 Å². The first-order valence-electron chi connectivity index (χ1n) is 10.2. The van der Waals surface area contributed by atoms with Crippen molar-refractivity contribution in [3.8, 4) is 0 Å². The Hall–Kier alpha value is -3.61. The summed E-state index contributed by atoms with van der Waals surface area (Å²) in [6, 6.07) is 7.12. The molecule has 1 saturated carbocycles. The number of carbonyl (C=O) groups is 2. The van der Waals surface area contributed by atoms with Crippen LogP contribution in [0.1, 0.15) is 42.1 Å². The highest BCUT2D eigenvalue weighted by atomic mass is 16.7. The number of hydrogen-bond acceptors (Lipinski definition) is 5. The first-order valence-corrected chi connectivity index (χ1v) is 10.2. The summed E-state index contributed by atoms with van der Waals surface area (Å²) in [7, 11) is 0. The van der Waals surface area contributed by atoms with Gasteiger partial charge >= 0.3 is 0 Å². The van der Waals surface area contributed by atoms with E-state index in [-0.39, 0.29) is 18.9 Å². The van der Waals surface area contributed by atoms with Crippen LogP contribution in [0, 0.1) is 5.41 Å². The summed E-state index contributed by atoms with van der Waals surface area (Å²) in [5.41, 5.74) is 9.01. The van der Waals surface area contributed by atoms with E-state index in [0.29, 0.717) is 17.7 Å². The second-order valence-electron chi connectivity index (χ2n) is 8.00. The van der Waals surface area contributed by atoms with Gasteiger partial charge in [0.15, 0.2) is 5.76 Å². The van der Waals surface area contributed by atoms with Crippen molar-refractivity contribution >= 4 is 23.6 Å². The smallest absolute Gasteiger partial charge is 0.248 e. The van der Waals surface area contributed by atoms with Crippen LogP contribution in [0.25, 0.3) is 5.57 Å². The maximum absolute atomic E-state index is 13.0. The third kappa shape index (κ3) is 4.30. The summed E-state index contributed by atoms with van der Waals surface area (Å²) in [4.78, 5) is 28.8. The van der Waals surface area contributed by atoms with E-state index < -0.39 is 11.3 Å². The third-order valence-electron chi connectivity index (χ3n) is 5.86. The molecule has 3 N–H and O–H groups in total. The van der Waals surface area contributed by atoms with Crippen molar-refractivity contribution in [3.63, 3.8) is 0 Å². The van der Waals surface area contributed by atoms with Crippen molar-refractivity contribution < 1.29 is 19.1 Å². The van der Waals surface area contributed by atoms with Crippen molar-refractivity contribution in [2.24, 2.45) is 16.1 Å². The van der Waals surface area contributed by atoms with Crippen LogP contribution in [0.15, 0.2) is 71.2 Å². The number of nitrogens with zero attached hydrogens (tertiary/aromatic N) is 1. The minimum absolute atomic E-state index is 0.0519. The highest BCUT2D eigenvalue weighted by Crippen LogP contribution is 2.52. The molecule has 7 heteroatoms. The van der Waals surface area contributed by atoms with Crippen molar-refractivity contribution in [3.05, 3.63) is 77.3 Å². The maximum Gasteiger partial charge on any atom is 0.248 e. The van der Waals surface area contributed by atoms with E-state index >= 15 is 0 Å². The molecular weight excluding hydrogens is 394 g/mol. The first-order chi connectivity index (χ1) is 14.9. The van der Waals surface area contributed by atoms with E-state index in [1.165, 1.54) is 6.26 Å². The second kappa shape index (κ2) is 8.26. The molecule has 2 amide bonds. The molecule has 0 radical (unpaired) electrons. The molecule has 31 heavy (non-hydrogen) atoms. The van der Waals surface area contributed by atoms with E-state index in [0.717, 1.165) is 35.1 Å². The number of hydrogen-bond donors (Lipinski definition) is 2. The van der Waals surface area contributed by atoms with E-state index in [2.05, 4.69) is 16.9 Å². The Morgan fingerprint density at radius 2 is 2.03 bits per heavy atom. The predicted molar refractivity (Wildman–Crippen MR) is 118 cm³/mol. The largest absolute Gasteiger partial charge is 0.461 e. The van der Waals surface area contributed by atoms with E-state index in [4.69, 9.17) is 15.2 Å². The van der Waals surface area contributed by atoms with Gasteiger partial charge < -0.3 is 20.5 Å². The Bertz CT molecular complexity index is 1040. The number of primary amides is 1. The molecule has 0 spiro atoms. The molecule has 2 heterocycles. The lowest BCUT2D eigenvalue weighted by molar-refractivity contribution is -0.125. The number of benzene rings is 1. The first kappa shape index (κ1) is 20.7. The summed E-state index contributed by atoms with van der Waals surface area (Å²) >= 11 is 0. The highest BCUT2D eigenvalue weighted by molar-refractivity contribution is 6.12. The second-order valence-corrected chi connectivity index (χ2v) is 8.00. The molecule has 0 saturated heterocycles. The average molecular weight is 419 g/mol. The topological polar surface area (TPSA) is 103 Å².